The number of carbonyl (C=O) groups is 1. The first kappa shape index (κ1) is 21.8. The fourth-order valence-electron chi connectivity index (χ4n) is 4.78. The highest BCUT2D eigenvalue weighted by Crippen LogP contribution is 2.28. The number of amides is 1. The van der Waals surface area contributed by atoms with Gasteiger partial charge < -0.3 is 10.1 Å². The number of carbonyl (C=O) groups excluding carboxylic acids is 1. The Kier molecular flexibility index (Phi) is 7.94. The summed E-state index contributed by atoms with van der Waals surface area (Å²) in [5, 5.41) is 3.06. The number of aromatic nitrogens is 1. The lowest BCUT2D eigenvalue weighted by Gasteiger charge is -2.31. The number of benzene rings is 1. The highest BCUT2D eigenvalue weighted by Gasteiger charge is 2.21. The molecule has 31 heavy (non-hydrogen) atoms. The zero-order valence-corrected chi connectivity index (χ0v) is 18.5. The maximum atomic E-state index is 12.4. The minimum atomic E-state index is 0.0146. The quantitative estimate of drug-likeness (QED) is 0.590. The predicted octanol–water partition coefficient (Wildman–Crippen LogP) is 4.83. The Hall–Kier alpha value is -2.40. The van der Waals surface area contributed by atoms with Gasteiger partial charge in [-0.25, -0.2) is 0 Å². The largest absolute Gasteiger partial charge is 0.490 e. The van der Waals surface area contributed by atoms with Gasteiger partial charge in [0.05, 0.1) is 5.69 Å². The molecule has 1 saturated heterocycles. The van der Waals surface area contributed by atoms with E-state index < -0.39 is 0 Å². The molecular formula is C26H35N3O2. The molecule has 0 spiro atoms. The summed E-state index contributed by atoms with van der Waals surface area (Å²) in [4.78, 5) is 19.2. The summed E-state index contributed by atoms with van der Waals surface area (Å²) in [7, 11) is 0. The first-order valence-corrected chi connectivity index (χ1v) is 11.9. The number of rotatable bonds is 9. The van der Waals surface area contributed by atoms with Gasteiger partial charge in [0.1, 0.15) is 11.9 Å². The first-order valence-electron chi connectivity index (χ1n) is 11.9. The van der Waals surface area contributed by atoms with Crippen LogP contribution < -0.4 is 10.1 Å². The van der Waals surface area contributed by atoms with Crippen molar-refractivity contribution >= 4 is 5.91 Å². The van der Waals surface area contributed by atoms with Crippen LogP contribution in [0.25, 0.3) is 0 Å². The van der Waals surface area contributed by atoms with Crippen LogP contribution in [0.1, 0.15) is 67.4 Å². The van der Waals surface area contributed by atoms with Crippen molar-refractivity contribution in [1.29, 1.82) is 0 Å². The van der Waals surface area contributed by atoms with Crippen LogP contribution in [0, 0.1) is 5.92 Å². The second kappa shape index (κ2) is 11.3. The third-order valence-corrected chi connectivity index (χ3v) is 6.62. The summed E-state index contributed by atoms with van der Waals surface area (Å²) in [6.45, 7) is 3.70. The molecule has 1 saturated carbocycles. The lowest BCUT2D eigenvalue weighted by molar-refractivity contribution is 0.0948. The maximum absolute atomic E-state index is 12.4. The lowest BCUT2D eigenvalue weighted by atomic mass is 10.0. The highest BCUT2D eigenvalue weighted by atomic mass is 16.5. The monoisotopic (exact) mass is 421 g/mol. The number of ether oxygens (including phenoxy) is 1. The summed E-state index contributed by atoms with van der Waals surface area (Å²) in [5.41, 5.74) is 1.83. The number of nitrogens with zero attached hydrogens (tertiary/aromatic N) is 2. The van der Waals surface area contributed by atoms with Gasteiger partial charge >= 0.3 is 0 Å². The third kappa shape index (κ3) is 6.79. The van der Waals surface area contributed by atoms with E-state index in [9.17, 15) is 4.79 Å². The second-order valence-corrected chi connectivity index (χ2v) is 8.99. The normalized spacial score (nSPS) is 18.2. The van der Waals surface area contributed by atoms with Crippen molar-refractivity contribution in [1.82, 2.24) is 15.2 Å². The van der Waals surface area contributed by atoms with Crippen LogP contribution in [-0.4, -0.2) is 41.5 Å². The molecule has 0 bridgehead atoms. The molecule has 1 aliphatic carbocycles. The molecule has 2 fully saturated rings. The molecule has 1 N–H and O–H groups in total. The van der Waals surface area contributed by atoms with E-state index in [1.165, 1.54) is 32.1 Å². The average molecular weight is 422 g/mol. The predicted molar refractivity (Wildman–Crippen MR) is 123 cm³/mol. The Morgan fingerprint density at radius 2 is 1.81 bits per heavy atom. The molecule has 5 heteroatoms. The van der Waals surface area contributed by atoms with Gasteiger partial charge in [0.2, 0.25) is 0 Å². The van der Waals surface area contributed by atoms with Crippen molar-refractivity contribution in [2.45, 2.75) is 64.0 Å². The van der Waals surface area contributed by atoms with Crippen LogP contribution in [0.2, 0.25) is 0 Å². The van der Waals surface area contributed by atoms with Gasteiger partial charge in [0, 0.05) is 37.9 Å². The second-order valence-electron chi connectivity index (χ2n) is 8.99. The molecule has 1 aromatic carbocycles. The molecule has 0 radical (unpaired) electrons. The van der Waals surface area contributed by atoms with Crippen LogP contribution in [0.3, 0.4) is 0 Å². The van der Waals surface area contributed by atoms with Gasteiger partial charge in [0.25, 0.3) is 5.91 Å². The summed E-state index contributed by atoms with van der Waals surface area (Å²) < 4.78 is 6.17. The standard InChI is InChI=1S/C26H35N3O2/c30-26(28-17-5-8-21-6-1-2-7-21)22-10-12-24(13-11-22)31-25-14-18-29(19-15-25)20-23-9-3-4-16-27-23/h3-4,9-13,16,21,25H,1-2,5-8,14-15,17-20H2,(H,28,30). The topological polar surface area (TPSA) is 54.5 Å². The highest BCUT2D eigenvalue weighted by molar-refractivity contribution is 5.94. The number of piperidine rings is 1. The third-order valence-electron chi connectivity index (χ3n) is 6.62. The van der Waals surface area contributed by atoms with Gasteiger partial charge in [-0.3, -0.25) is 14.7 Å². The molecule has 1 aromatic heterocycles. The first-order chi connectivity index (χ1) is 15.3. The SMILES string of the molecule is O=C(NCCCC1CCCC1)c1ccc(OC2CCN(Cc3ccccn3)CC2)cc1. The summed E-state index contributed by atoms with van der Waals surface area (Å²) in [6, 6.07) is 13.7. The number of pyridine rings is 1. The van der Waals surface area contributed by atoms with Crippen molar-refractivity contribution < 1.29 is 9.53 Å². The minimum Gasteiger partial charge on any atom is -0.490 e. The number of likely N-dealkylation sites (tertiary alicyclic amines) is 1. The van der Waals surface area contributed by atoms with Gasteiger partial charge in [-0.05, 0) is 68.0 Å². The Bertz CT molecular complexity index is 795. The average Bonchev–Trinajstić information content (AvgIpc) is 3.33. The smallest absolute Gasteiger partial charge is 0.251 e. The van der Waals surface area contributed by atoms with Gasteiger partial charge in [0.15, 0.2) is 0 Å². The lowest BCUT2D eigenvalue weighted by Crippen LogP contribution is -2.37. The molecule has 166 valence electrons. The molecule has 5 nitrogen and oxygen atoms in total. The van der Waals surface area contributed by atoms with E-state index >= 15 is 0 Å². The van der Waals surface area contributed by atoms with E-state index in [-0.39, 0.29) is 12.0 Å². The molecular weight excluding hydrogens is 386 g/mol. The van der Waals surface area contributed by atoms with Gasteiger partial charge in [-0.1, -0.05) is 31.7 Å². The fraction of sp³-hybridized carbons (Fsp3) is 0.538. The summed E-state index contributed by atoms with van der Waals surface area (Å²) >= 11 is 0. The number of nitrogens with one attached hydrogen (secondary N) is 1. The zero-order chi connectivity index (χ0) is 21.3. The van der Waals surface area contributed by atoms with Crippen molar-refractivity contribution in [3.8, 4) is 5.75 Å². The fourth-order valence-corrected chi connectivity index (χ4v) is 4.78. The Morgan fingerprint density at radius 1 is 1.03 bits per heavy atom. The molecule has 2 heterocycles. The van der Waals surface area contributed by atoms with Crippen LogP contribution in [0.4, 0.5) is 0 Å². The van der Waals surface area contributed by atoms with Crippen LogP contribution in [0.5, 0.6) is 5.75 Å². The Morgan fingerprint density at radius 3 is 2.52 bits per heavy atom. The van der Waals surface area contributed by atoms with Gasteiger partial charge in [-0.2, -0.15) is 0 Å². The van der Waals surface area contributed by atoms with Crippen LogP contribution in [-0.2, 0) is 6.54 Å². The van der Waals surface area contributed by atoms with E-state index in [1.807, 2.05) is 42.6 Å². The van der Waals surface area contributed by atoms with Crippen molar-refractivity contribution in [2.75, 3.05) is 19.6 Å². The molecule has 0 atom stereocenters. The molecule has 4 rings (SSSR count). The number of hydrogen-bond acceptors (Lipinski definition) is 4. The Labute approximate surface area is 186 Å². The van der Waals surface area contributed by atoms with Crippen molar-refractivity contribution in [3.63, 3.8) is 0 Å². The van der Waals surface area contributed by atoms with E-state index in [0.29, 0.717) is 5.56 Å². The van der Waals surface area contributed by atoms with Crippen LogP contribution >= 0.6 is 0 Å². The van der Waals surface area contributed by atoms with Gasteiger partial charge in [-0.15, -0.1) is 0 Å². The van der Waals surface area contributed by atoms with E-state index in [2.05, 4.69) is 21.3 Å². The van der Waals surface area contributed by atoms with E-state index in [0.717, 1.165) is 62.8 Å². The Balaban J connectivity index is 1.15. The molecule has 1 aliphatic heterocycles. The molecule has 1 amide bonds. The van der Waals surface area contributed by atoms with Crippen molar-refractivity contribution in [2.24, 2.45) is 5.92 Å². The summed E-state index contributed by atoms with van der Waals surface area (Å²) in [6.07, 6.45) is 11.9. The summed E-state index contributed by atoms with van der Waals surface area (Å²) in [5.74, 6) is 1.75. The minimum absolute atomic E-state index is 0.0146. The maximum Gasteiger partial charge on any atom is 0.251 e. The van der Waals surface area contributed by atoms with E-state index in [1.54, 1.807) is 0 Å². The molecule has 0 unspecified atom stereocenters. The zero-order valence-electron chi connectivity index (χ0n) is 18.5. The van der Waals surface area contributed by atoms with Crippen LogP contribution in [0.15, 0.2) is 48.7 Å². The van der Waals surface area contributed by atoms with E-state index in [4.69, 9.17) is 4.74 Å². The number of hydrogen-bond donors (Lipinski definition) is 1. The molecule has 2 aromatic rings. The molecule has 2 aliphatic rings. The van der Waals surface area contributed by atoms with Crippen molar-refractivity contribution in [3.05, 3.63) is 59.9 Å².